The summed E-state index contributed by atoms with van der Waals surface area (Å²) in [5.74, 6) is -1.93. The van der Waals surface area contributed by atoms with Crippen LogP contribution in [0.4, 0.5) is 10.1 Å². The third-order valence-electron chi connectivity index (χ3n) is 4.49. The molecule has 1 fully saturated rings. The van der Waals surface area contributed by atoms with Gasteiger partial charge in [0.15, 0.2) is 0 Å². The fourth-order valence-electron chi connectivity index (χ4n) is 2.93. The van der Waals surface area contributed by atoms with Crippen LogP contribution in [-0.4, -0.2) is 54.5 Å². The quantitative estimate of drug-likeness (QED) is 0.505. The number of carbonyl (C=O) groups is 1. The molecule has 1 aliphatic carbocycles. The molecule has 0 aliphatic heterocycles. The van der Waals surface area contributed by atoms with Crippen molar-refractivity contribution in [1.82, 2.24) is 9.62 Å². The fraction of sp³-hybridized carbons (Fsp3) is 0.533. The number of nitro benzene ring substituents is 1. The van der Waals surface area contributed by atoms with Gasteiger partial charge in [-0.25, -0.2) is 17.5 Å². The van der Waals surface area contributed by atoms with Gasteiger partial charge in [-0.2, -0.15) is 0 Å². The lowest BCUT2D eigenvalue weighted by Crippen LogP contribution is -2.54. The molecule has 0 bridgehead atoms. The van der Waals surface area contributed by atoms with Crippen LogP contribution in [0.1, 0.15) is 25.3 Å². The monoisotopic (exact) mass is 389 g/mol. The first-order valence-corrected chi connectivity index (χ1v) is 9.46. The number of carboxylic acids is 1. The Morgan fingerprint density at radius 1 is 1.46 bits per heavy atom. The van der Waals surface area contributed by atoms with Gasteiger partial charge in [-0.05, 0) is 32.4 Å². The number of nitro groups is 1. The molecule has 11 heteroatoms. The fourth-order valence-corrected chi connectivity index (χ4v) is 4.22. The van der Waals surface area contributed by atoms with Crippen LogP contribution in [0.3, 0.4) is 0 Å². The smallest absolute Gasteiger partial charge is 0.317 e. The number of rotatable bonds is 8. The van der Waals surface area contributed by atoms with Crippen molar-refractivity contribution in [3.05, 3.63) is 33.6 Å². The molecule has 0 amide bonds. The number of halogens is 1. The third kappa shape index (κ3) is 4.34. The van der Waals surface area contributed by atoms with Gasteiger partial charge in [-0.1, -0.05) is 6.92 Å². The molecule has 2 N–H and O–H groups in total. The standard InChI is InChI=1S/C15H20FN3O6S/c1-3-18(8-15(20)21)11-4-10(5-11)17-26(24,25)12-6-13(16)9(2)14(7-12)19(22)23/h6-7,10-11,17H,3-5,8H2,1-2H3,(H,20,21). The number of carboxylic acid groups (broad SMARTS) is 1. The summed E-state index contributed by atoms with van der Waals surface area (Å²) in [4.78, 5) is 22.2. The molecule has 0 spiro atoms. The van der Waals surface area contributed by atoms with Crippen LogP contribution in [0.15, 0.2) is 17.0 Å². The summed E-state index contributed by atoms with van der Waals surface area (Å²) >= 11 is 0. The first-order chi connectivity index (χ1) is 12.0. The Morgan fingerprint density at radius 2 is 2.08 bits per heavy atom. The molecule has 1 aromatic rings. The number of hydrogen-bond acceptors (Lipinski definition) is 6. The minimum absolute atomic E-state index is 0.0621. The molecule has 1 aliphatic rings. The van der Waals surface area contributed by atoms with Gasteiger partial charge in [0, 0.05) is 18.2 Å². The van der Waals surface area contributed by atoms with E-state index in [1.807, 2.05) is 6.92 Å². The highest BCUT2D eigenvalue weighted by Gasteiger charge is 2.37. The zero-order chi connectivity index (χ0) is 19.6. The lowest BCUT2D eigenvalue weighted by atomic mass is 9.86. The number of nitrogens with zero attached hydrogens (tertiary/aromatic N) is 2. The molecule has 26 heavy (non-hydrogen) atoms. The Morgan fingerprint density at radius 3 is 2.58 bits per heavy atom. The lowest BCUT2D eigenvalue weighted by Gasteiger charge is -2.42. The molecule has 0 heterocycles. The van der Waals surface area contributed by atoms with E-state index in [-0.39, 0.29) is 18.2 Å². The Kier molecular flexibility index (Phi) is 5.94. The van der Waals surface area contributed by atoms with E-state index in [1.54, 1.807) is 4.90 Å². The minimum atomic E-state index is -4.12. The maximum Gasteiger partial charge on any atom is 0.317 e. The largest absolute Gasteiger partial charge is 0.480 e. The highest BCUT2D eigenvalue weighted by Crippen LogP contribution is 2.29. The average molecular weight is 389 g/mol. The van der Waals surface area contributed by atoms with E-state index in [4.69, 9.17) is 5.11 Å². The van der Waals surface area contributed by atoms with Crippen LogP contribution >= 0.6 is 0 Å². The topological polar surface area (TPSA) is 130 Å². The summed E-state index contributed by atoms with van der Waals surface area (Å²) in [5.41, 5.74) is -0.833. The highest BCUT2D eigenvalue weighted by atomic mass is 32.2. The van der Waals surface area contributed by atoms with Crippen LogP contribution in [0.2, 0.25) is 0 Å². The Hall–Kier alpha value is -2.11. The molecule has 0 unspecified atom stereocenters. The number of nitrogens with one attached hydrogen (secondary N) is 1. The molecule has 2 rings (SSSR count). The van der Waals surface area contributed by atoms with Gasteiger partial charge >= 0.3 is 5.97 Å². The third-order valence-corrected chi connectivity index (χ3v) is 5.99. The number of sulfonamides is 1. The second-order valence-corrected chi connectivity index (χ2v) is 7.92. The Labute approximate surface area is 150 Å². The number of aliphatic carboxylic acids is 1. The van der Waals surface area contributed by atoms with E-state index in [9.17, 15) is 27.7 Å². The summed E-state index contributed by atoms with van der Waals surface area (Å²) < 4.78 is 41.0. The van der Waals surface area contributed by atoms with Crippen molar-refractivity contribution in [3.63, 3.8) is 0 Å². The summed E-state index contributed by atoms with van der Waals surface area (Å²) in [5, 5.41) is 19.8. The van der Waals surface area contributed by atoms with Gasteiger partial charge in [-0.3, -0.25) is 19.8 Å². The van der Waals surface area contributed by atoms with E-state index in [0.717, 1.165) is 12.1 Å². The molecular weight excluding hydrogens is 369 g/mol. The predicted molar refractivity (Wildman–Crippen MR) is 89.8 cm³/mol. The molecule has 1 saturated carbocycles. The Bertz CT molecular complexity index is 823. The van der Waals surface area contributed by atoms with Gasteiger partial charge in [0.25, 0.3) is 5.69 Å². The molecular formula is C15H20FN3O6S. The zero-order valence-corrected chi connectivity index (χ0v) is 15.1. The van der Waals surface area contributed by atoms with Crippen LogP contribution in [-0.2, 0) is 14.8 Å². The van der Waals surface area contributed by atoms with E-state index in [0.29, 0.717) is 19.4 Å². The van der Waals surface area contributed by atoms with Crippen LogP contribution in [0, 0.1) is 22.9 Å². The van der Waals surface area contributed by atoms with Crippen LogP contribution in [0.5, 0.6) is 0 Å². The molecule has 0 saturated heterocycles. The lowest BCUT2D eigenvalue weighted by molar-refractivity contribution is -0.385. The van der Waals surface area contributed by atoms with Crippen molar-refractivity contribution in [2.75, 3.05) is 13.1 Å². The number of likely N-dealkylation sites (N-methyl/N-ethyl adjacent to an activating group) is 1. The normalized spacial score (nSPS) is 20.0. The second kappa shape index (κ2) is 7.64. The predicted octanol–water partition coefficient (Wildman–Crippen LogP) is 1.26. The van der Waals surface area contributed by atoms with E-state index >= 15 is 0 Å². The maximum atomic E-state index is 13.8. The van der Waals surface area contributed by atoms with Crippen LogP contribution in [0.25, 0.3) is 0 Å². The second-order valence-electron chi connectivity index (χ2n) is 6.21. The van der Waals surface area contributed by atoms with Crippen molar-refractivity contribution in [3.8, 4) is 0 Å². The van der Waals surface area contributed by atoms with Crippen molar-refractivity contribution >= 4 is 21.7 Å². The van der Waals surface area contributed by atoms with Gasteiger partial charge < -0.3 is 5.11 Å². The summed E-state index contributed by atoms with van der Waals surface area (Å²) in [6, 6.07) is 1.09. The Balaban J connectivity index is 2.09. The maximum absolute atomic E-state index is 13.8. The number of hydrogen-bond donors (Lipinski definition) is 2. The van der Waals surface area contributed by atoms with Gasteiger partial charge in [0.1, 0.15) is 5.82 Å². The SMILES string of the molecule is CCN(CC(=O)O)C1CC(NS(=O)(=O)c2cc(F)c(C)c([N+](=O)[O-])c2)C1. The van der Waals surface area contributed by atoms with Crippen molar-refractivity contribution in [2.24, 2.45) is 0 Å². The summed E-state index contributed by atoms with van der Waals surface area (Å²) in [7, 11) is -4.12. The molecule has 0 aromatic heterocycles. The minimum Gasteiger partial charge on any atom is -0.480 e. The molecule has 0 atom stereocenters. The van der Waals surface area contributed by atoms with Gasteiger partial charge in [0.2, 0.25) is 10.0 Å². The van der Waals surface area contributed by atoms with Gasteiger partial charge in [0.05, 0.1) is 21.9 Å². The average Bonchev–Trinajstić information content (AvgIpc) is 2.50. The van der Waals surface area contributed by atoms with E-state index < -0.39 is 43.4 Å². The highest BCUT2D eigenvalue weighted by molar-refractivity contribution is 7.89. The first kappa shape index (κ1) is 20.2. The van der Waals surface area contributed by atoms with E-state index in [1.165, 1.54) is 6.92 Å². The summed E-state index contributed by atoms with van der Waals surface area (Å²) in [6.45, 7) is 3.41. The number of benzene rings is 1. The molecule has 0 radical (unpaired) electrons. The molecule has 9 nitrogen and oxygen atoms in total. The van der Waals surface area contributed by atoms with Crippen molar-refractivity contribution in [2.45, 2.75) is 43.7 Å². The first-order valence-electron chi connectivity index (χ1n) is 7.97. The summed E-state index contributed by atoms with van der Waals surface area (Å²) in [6.07, 6.45) is 0.827. The van der Waals surface area contributed by atoms with Crippen molar-refractivity contribution < 1.29 is 27.6 Å². The zero-order valence-electron chi connectivity index (χ0n) is 14.3. The van der Waals surface area contributed by atoms with E-state index in [2.05, 4.69) is 4.72 Å². The molecule has 144 valence electrons. The molecule has 1 aromatic carbocycles. The van der Waals surface area contributed by atoms with Gasteiger partial charge in [-0.15, -0.1) is 0 Å². The van der Waals surface area contributed by atoms with Crippen LogP contribution < -0.4 is 4.72 Å². The van der Waals surface area contributed by atoms with Crippen molar-refractivity contribution in [1.29, 1.82) is 0 Å².